The highest BCUT2D eigenvalue weighted by atomic mass is 16.5. The smallest absolute Gasteiger partial charge is 0.419 e. The minimum Gasteiger partial charge on any atom is -0.456 e. The fourth-order valence-corrected chi connectivity index (χ4v) is 1.99. The molecule has 0 aliphatic heterocycles. The van der Waals surface area contributed by atoms with Crippen molar-refractivity contribution in [3.05, 3.63) is 34.8 Å². The first-order chi connectivity index (χ1) is 11.1. The van der Waals surface area contributed by atoms with Gasteiger partial charge in [0.05, 0.1) is 18.5 Å². The summed E-state index contributed by atoms with van der Waals surface area (Å²) in [6.07, 6.45) is -0.0330. The van der Waals surface area contributed by atoms with Gasteiger partial charge < -0.3 is 19.2 Å². The van der Waals surface area contributed by atoms with E-state index in [2.05, 4.69) is 5.32 Å². The predicted molar refractivity (Wildman–Crippen MR) is 80.9 cm³/mol. The first kappa shape index (κ1) is 16.8. The molecular weight excluding hydrogens is 304 g/mol. The summed E-state index contributed by atoms with van der Waals surface area (Å²) < 4.78 is 16.0. The van der Waals surface area contributed by atoms with Gasteiger partial charge in [-0.1, -0.05) is 12.1 Å². The highest BCUT2D eigenvalue weighted by Crippen LogP contribution is 2.12. The Hall–Kier alpha value is -2.61. The van der Waals surface area contributed by atoms with E-state index in [1.165, 1.54) is 11.7 Å². The van der Waals surface area contributed by atoms with Crippen LogP contribution in [0.1, 0.15) is 6.42 Å². The molecule has 23 heavy (non-hydrogen) atoms. The summed E-state index contributed by atoms with van der Waals surface area (Å²) in [5, 5.41) is 2.53. The number of rotatable bonds is 8. The summed E-state index contributed by atoms with van der Waals surface area (Å²) in [5.74, 6) is -1.50. The molecule has 124 valence electrons. The molecule has 0 saturated heterocycles. The first-order valence-corrected chi connectivity index (χ1v) is 7.11. The SMILES string of the molecule is COCCNC(=O)COC(=O)CCn1c(=O)oc2ccccc21. The quantitative estimate of drug-likeness (QED) is 0.554. The topological polar surface area (TPSA) is 99.8 Å². The molecule has 1 aromatic carbocycles. The van der Waals surface area contributed by atoms with Gasteiger partial charge in [-0.15, -0.1) is 0 Å². The number of methoxy groups -OCH3 is 1. The summed E-state index contributed by atoms with van der Waals surface area (Å²) in [6.45, 7) is 0.503. The molecule has 0 bridgehead atoms. The Morgan fingerprint density at radius 1 is 1.30 bits per heavy atom. The van der Waals surface area contributed by atoms with E-state index in [0.717, 1.165) is 0 Å². The number of carbonyl (C=O) groups excluding carboxylic acids is 2. The lowest BCUT2D eigenvalue weighted by atomic mass is 10.3. The van der Waals surface area contributed by atoms with Crippen LogP contribution in [0.2, 0.25) is 0 Å². The third kappa shape index (κ3) is 4.68. The molecule has 0 atom stereocenters. The van der Waals surface area contributed by atoms with Crippen LogP contribution in [-0.4, -0.2) is 43.3 Å². The number of carbonyl (C=O) groups is 2. The molecule has 8 heteroatoms. The average Bonchev–Trinajstić information content (AvgIpc) is 2.86. The molecule has 1 heterocycles. The molecule has 1 N–H and O–H groups in total. The average molecular weight is 322 g/mol. The molecule has 0 aliphatic carbocycles. The fraction of sp³-hybridized carbons (Fsp3) is 0.400. The van der Waals surface area contributed by atoms with Crippen molar-refractivity contribution in [2.45, 2.75) is 13.0 Å². The number of aryl methyl sites for hydroxylation is 1. The molecule has 1 aromatic heterocycles. The second-order valence-electron chi connectivity index (χ2n) is 4.74. The van der Waals surface area contributed by atoms with Crippen LogP contribution < -0.4 is 11.1 Å². The van der Waals surface area contributed by atoms with Gasteiger partial charge in [-0.25, -0.2) is 4.79 Å². The zero-order valence-electron chi connectivity index (χ0n) is 12.7. The van der Waals surface area contributed by atoms with Crippen molar-refractivity contribution < 1.29 is 23.5 Å². The normalized spacial score (nSPS) is 10.7. The van der Waals surface area contributed by atoms with Gasteiger partial charge in [0.1, 0.15) is 0 Å². The van der Waals surface area contributed by atoms with Gasteiger partial charge in [0, 0.05) is 20.2 Å². The van der Waals surface area contributed by atoms with Crippen LogP contribution in [0.3, 0.4) is 0 Å². The zero-order chi connectivity index (χ0) is 16.7. The summed E-state index contributed by atoms with van der Waals surface area (Å²) >= 11 is 0. The molecule has 0 fully saturated rings. The number of oxazole rings is 1. The van der Waals surface area contributed by atoms with Gasteiger partial charge in [0.2, 0.25) is 0 Å². The van der Waals surface area contributed by atoms with Crippen LogP contribution in [0.4, 0.5) is 0 Å². The molecule has 1 amide bonds. The Bertz CT molecular complexity index is 733. The van der Waals surface area contributed by atoms with E-state index in [9.17, 15) is 14.4 Å². The van der Waals surface area contributed by atoms with Crippen LogP contribution in [-0.2, 0) is 25.6 Å². The van der Waals surface area contributed by atoms with Gasteiger partial charge in [-0.2, -0.15) is 0 Å². The van der Waals surface area contributed by atoms with Crippen LogP contribution in [0.15, 0.2) is 33.5 Å². The number of para-hydroxylation sites is 2. The van der Waals surface area contributed by atoms with Crippen molar-refractivity contribution in [3.8, 4) is 0 Å². The number of nitrogens with one attached hydrogen (secondary N) is 1. The van der Waals surface area contributed by atoms with Crippen LogP contribution >= 0.6 is 0 Å². The van der Waals surface area contributed by atoms with Crippen molar-refractivity contribution in [2.24, 2.45) is 0 Å². The third-order valence-electron chi connectivity index (χ3n) is 3.11. The highest BCUT2D eigenvalue weighted by molar-refractivity contribution is 5.80. The minimum atomic E-state index is -0.566. The van der Waals surface area contributed by atoms with Gasteiger partial charge in [0.15, 0.2) is 12.2 Å². The second kappa shape index (κ2) is 8.14. The number of nitrogens with zero attached hydrogens (tertiary/aromatic N) is 1. The Morgan fingerprint density at radius 2 is 2.09 bits per heavy atom. The van der Waals surface area contributed by atoms with E-state index in [1.54, 1.807) is 24.3 Å². The van der Waals surface area contributed by atoms with E-state index >= 15 is 0 Å². The molecule has 0 aliphatic rings. The number of hydrogen-bond acceptors (Lipinski definition) is 6. The number of fused-ring (bicyclic) bond motifs is 1. The second-order valence-corrected chi connectivity index (χ2v) is 4.74. The number of benzene rings is 1. The Kier molecular flexibility index (Phi) is 5.93. The maximum atomic E-state index is 11.7. The van der Waals surface area contributed by atoms with Crippen molar-refractivity contribution in [1.29, 1.82) is 0 Å². The minimum absolute atomic E-state index is 0.0330. The maximum Gasteiger partial charge on any atom is 0.419 e. The van der Waals surface area contributed by atoms with Crippen molar-refractivity contribution in [1.82, 2.24) is 9.88 Å². The van der Waals surface area contributed by atoms with Crippen molar-refractivity contribution in [2.75, 3.05) is 26.9 Å². The summed E-state index contributed by atoms with van der Waals surface area (Å²) in [7, 11) is 1.52. The van der Waals surface area contributed by atoms with E-state index in [4.69, 9.17) is 13.9 Å². The lowest BCUT2D eigenvalue weighted by molar-refractivity contribution is -0.148. The molecule has 8 nitrogen and oxygen atoms in total. The summed E-state index contributed by atoms with van der Waals surface area (Å²) in [6, 6.07) is 6.94. The molecule has 2 rings (SSSR count). The number of hydrogen-bond donors (Lipinski definition) is 1. The van der Waals surface area contributed by atoms with Gasteiger partial charge in [-0.3, -0.25) is 14.2 Å². The standard InChI is InChI=1S/C15H18N2O6/c1-21-9-7-16-13(18)10-22-14(19)6-8-17-11-4-2-3-5-12(11)23-15(17)20/h2-5H,6-10H2,1H3,(H,16,18). The Labute approximate surface area is 132 Å². The fourth-order valence-electron chi connectivity index (χ4n) is 1.99. The number of esters is 1. The summed E-state index contributed by atoms with van der Waals surface area (Å²) in [4.78, 5) is 34.7. The number of ether oxygens (including phenoxy) is 2. The lowest BCUT2D eigenvalue weighted by Crippen LogP contribution is -2.31. The van der Waals surface area contributed by atoms with E-state index in [0.29, 0.717) is 24.3 Å². The number of amides is 1. The van der Waals surface area contributed by atoms with Gasteiger partial charge in [0.25, 0.3) is 5.91 Å². The van der Waals surface area contributed by atoms with Crippen LogP contribution in [0.5, 0.6) is 0 Å². The van der Waals surface area contributed by atoms with Gasteiger partial charge >= 0.3 is 11.7 Å². The maximum absolute atomic E-state index is 11.7. The van der Waals surface area contributed by atoms with Gasteiger partial charge in [-0.05, 0) is 12.1 Å². The van der Waals surface area contributed by atoms with E-state index in [-0.39, 0.29) is 19.6 Å². The molecular formula is C15H18N2O6. The Morgan fingerprint density at radius 3 is 2.87 bits per heavy atom. The van der Waals surface area contributed by atoms with Crippen molar-refractivity contribution >= 4 is 23.0 Å². The van der Waals surface area contributed by atoms with Crippen molar-refractivity contribution in [3.63, 3.8) is 0 Å². The first-order valence-electron chi connectivity index (χ1n) is 7.11. The lowest BCUT2D eigenvalue weighted by Gasteiger charge is -2.06. The molecule has 0 radical (unpaired) electrons. The molecule has 0 unspecified atom stereocenters. The molecule has 0 spiro atoms. The number of aromatic nitrogens is 1. The van der Waals surface area contributed by atoms with Crippen LogP contribution in [0.25, 0.3) is 11.1 Å². The van der Waals surface area contributed by atoms with E-state index in [1.807, 2.05) is 0 Å². The Balaban J connectivity index is 1.81. The molecule has 2 aromatic rings. The monoisotopic (exact) mass is 322 g/mol. The predicted octanol–water partition coefficient (Wildman–Crippen LogP) is 0.290. The van der Waals surface area contributed by atoms with E-state index < -0.39 is 17.6 Å². The highest BCUT2D eigenvalue weighted by Gasteiger charge is 2.12. The third-order valence-corrected chi connectivity index (χ3v) is 3.11. The molecule has 0 saturated carbocycles. The zero-order valence-corrected chi connectivity index (χ0v) is 12.7. The largest absolute Gasteiger partial charge is 0.456 e. The summed E-state index contributed by atoms with van der Waals surface area (Å²) in [5.41, 5.74) is 1.07. The van der Waals surface area contributed by atoms with Crippen LogP contribution in [0, 0.1) is 0 Å².